The standard InChI is InChI=1S/C13H24N4O/c1-5-13(6-2,9-14)17-12-15-8-7-11(16-12)18-10(3)4/h7-8,10H,5-6,9,14H2,1-4H3,(H,15,16,17). The Morgan fingerprint density at radius 1 is 1.39 bits per heavy atom. The maximum Gasteiger partial charge on any atom is 0.226 e. The van der Waals surface area contributed by atoms with E-state index in [1.807, 2.05) is 13.8 Å². The van der Waals surface area contributed by atoms with Crippen LogP contribution in [0.2, 0.25) is 0 Å². The molecule has 0 saturated carbocycles. The quantitative estimate of drug-likeness (QED) is 0.778. The highest BCUT2D eigenvalue weighted by Gasteiger charge is 2.25. The molecule has 0 bridgehead atoms. The zero-order valence-electron chi connectivity index (χ0n) is 11.7. The first-order valence-corrected chi connectivity index (χ1v) is 6.53. The fourth-order valence-electron chi connectivity index (χ4n) is 1.71. The van der Waals surface area contributed by atoms with E-state index in [1.165, 1.54) is 0 Å². The summed E-state index contributed by atoms with van der Waals surface area (Å²) < 4.78 is 5.55. The largest absolute Gasteiger partial charge is 0.475 e. The van der Waals surface area contributed by atoms with Crippen LogP contribution in [-0.4, -0.2) is 28.2 Å². The highest BCUT2D eigenvalue weighted by atomic mass is 16.5. The van der Waals surface area contributed by atoms with Crippen molar-refractivity contribution in [3.63, 3.8) is 0 Å². The number of nitrogens with zero attached hydrogens (tertiary/aromatic N) is 2. The Morgan fingerprint density at radius 2 is 2.06 bits per heavy atom. The molecule has 1 rings (SSSR count). The van der Waals surface area contributed by atoms with Gasteiger partial charge in [0.15, 0.2) is 0 Å². The average Bonchev–Trinajstić information content (AvgIpc) is 2.36. The smallest absolute Gasteiger partial charge is 0.226 e. The highest BCUT2D eigenvalue weighted by molar-refractivity contribution is 5.32. The Bertz CT molecular complexity index is 355. The molecule has 1 aromatic heterocycles. The molecule has 0 aliphatic carbocycles. The topological polar surface area (TPSA) is 73.1 Å². The Labute approximate surface area is 109 Å². The zero-order valence-corrected chi connectivity index (χ0v) is 11.7. The van der Waals surface area contributed by atoms with Gasteiger partial charge in [-0.1, -0.05) is 13.8 Å². The second kappa shape index (κ2) is 6.54. The molecule has 0 spiro atoms. The molecule has 0 aliphatic rings. The molecule has 102 valence electrons. The van der Waals surface area contributed by atoms with Crippen molar-refractivity contribution in [2.75, 3.05) is 11.9 Å². The maximum absolute atomic E-state index is 5.85. The van der Waals surface area contributed by atoms with Crippen LogP contribution in [0.4, 0.5) is 5.95 Å². The van der Waals surface area contributed by atoms with E-state index in [2.05, 4.69) is 29.1 Å². The first kappa shape index (κ1) is 14.7. The van der Waals surface area contributed by atoms with Gasteiger partial charge in [-0.15, -0.1) is 0 Å². The Balaban J connectivity index is 2.83. The Kier molecular flexibility index (Phi) is 5.34. The lowest BCUT2D eigenvalue weighted by atomic mass is 9.93. The van der Waals surface area contributed by atoms with Gasteiger partial charge in [-0.2, -0.15) is 4.98 Å². The first-order valence-electron chi connectivity index (χ1n) is 6.53. The minimum atomic E-state index is -0.142. The number of rotatable bonds is 7. The fourth-order valence-corrected chi connectivity index (χ4v) is 1.71. The first-order chi connectivity index (χ1) is 8.55. The van der Waals surface area contributed by atoms with Gasteiger partial charge in [0.25, 0.3) is 0 Å². The fraction of sp³-hybridized carbons (Fsp3) is 0.692. The lowest BCUT2D eigenvalue weighted by Crippen LogP contribution is -2.44. The molecular formula is C13H24N4O. The lowest BCUT2D eigenvalue weighted by Gasteiger charge is -2.31. The molecule has 0 saturated heterocycles. The molecule has 1 heterocycles. The van der Waals surface area contributed by atoms with Crippen LogP contribution < -0.4 is 15.8 Å². The molecule has 1 aromatic rings. The normalized spacial score (nSPS) is 11.7. The van der Waals surface area contributed by atoms with Crippen molar-refractivity contribution < 1.29 is 4.74 Å². The zero-order chi connectivity index (χ0) is 13.6. The molecule has 0 fully saturated rings. The van der Waals surface area contributed by atoms with Crippen LogP contribution in [0.3, 0.4) is 0 Å². The Hall–Kier alpha value is -1.36. The van der Waals surface area contributed by atoms with E-state index >= 15 is 0 Å². The molecule has 5 nitrogen and oxygen atoms in total. The molecule has 0 amide bonds. The third-order valence-corrected chi connectivity index (χ3v) is 3.11. The van der Waals surface area contributed by atoms with Crippen molar-refractivity contribution in [3.05, 3.63) is 12.3 Å². The molecule has 18 heavy (non-hydrogen) atoms. The minimum absolute atomic E-state index is 0.101. The minimum Gasteiger partial charge on any atom is -0.475 e. The van der Waals surface area contributed by atoms with E-state index in [1.54, 1.807) is 12.3 Å². The van der Waals surface area contributed by atoms with Crippen LogP contribution in [0.25, 0.3) is 0 Å². The van der Waals surface area contributed by atoms with Crippen LogP contribution in [0, 0.1) is 0 Å². The summed E-state index contributed by atoms with van der Waals surface area (Å²) in [4.78, 5) is 8.56. The van der Waals surface area contributed by atoms with Crippen LogP contribution in [0.5, 0.6) is 5.88 Å². The summed E-state index contributed by atoms with van der Waals surface area (Å²) in [5, 5.41) is 3.33. The summed E-state index contributed by atoms with van der Waals surface area (Å²) >= 11 is 0. The predicted molar refractivity (Wildman–Crippen MR) is 73.8 cm³/mol. The summed E-state index contributed by atoms with van der Waals surface area (Å²) in [6, 6.07) is 1.76. The van der Waals surface area contributed by atoms with Crippen molar-refractivity contribution >= 4 is 5.95 Å². The van der Waals surface area contributed by atoms with E-state index in [0.29, 0.717) is 18.4 Å². The van der Waals surface area contributed by atoms with Crippen molar-refractivity contribution in [1.82, 2.24) is 9.97 Å². The van der Waals surface area contributed by atoms with Gasteiger partial charge < -0.3 is 15.8 Å². The Morgan fingerprint density at radius 3 is 2.56 bits per heavy atom. The van der Waals surface area contributed by atoms with Crippen molar-refractivity contribution in [3.8, 4) is 5.88 Å². The molecule has 0 radical (unpaired) electrons. The van der Waals surface area contributed by atoms with Crippen LogP contribution in [-0.2, 0) is 0 Å². The van der Waals surface area contributed by atoms with E-state index in [-0.39, 0.29) is 11.6 Å². The third-order valence-electron chi connectivity index (χ3n) is 3.11. The van der Waals surface area contributed by atoms with Gasteiger partial charge in [0.05, 0.1) is 11.6 Å². The number of nitrogens with one attached hydrogen (secondary N) is 1. The van der Waals surface area contributed by atoms with Gasteiger partial charge in [-0.25, -0.2) is 4.98 Å². The molecule has 0 atom stereocenters. The number of hydrogen-bond acceptors (Lipinski definition) is 5. The van der Waals surface area contributed by atoms with Gasteiger partial charge in [0.2, 0.25) is 11.8 Å². The molecular weight excluding hydrogens is 228 g/mol. The van der Waals surface area contributed by atoms with E-state index in [4.69, 9.17) is 10.5 Å². The van der Waals surface area contributed by atoms with E-state index in [9.17, 15) is 0 Å². The van der Waals surface area contributed by atoms with Crippen molar-refractivity contribution in [2.45, 2.75) is 52.2 Å². The molecule has 0 aliphatic heterocycles. The summed E-state index contributed by atoms with van der Waals surface area (Å²) in [6.07, 6.45) is 3.65. The summed E-state index contributed by atoms with van der Waals surface area (Å²) in [5.74, 6) is 1.16. The second-order valence-electron chi connectivity index (χ2n) is 4.70. The maximum atomic E-state index is 5.85. The lowest BCUT2D eigenvalue weighted by molar-refractivity contribution is 0.232. The summed E-state index contributed by atoms with van der Waals surface area (Å²) in [6.45, 7) is 8.71. The van der Waals surface area contributed by atoms with Gasteiger partial charge in [-0.3, -0.25) is 0 Å². The molecule has 0 aromatic carbocycles. The van der Waals surface area contributed by atoms with Crippen LogP contribution in [0.15, 0.2) is 12.3 Å². The van der Waals surface area contributed by atoms with Gasteiger partial charge in [0.1, 0.15) is 0 Å². The SMILES string of the molecule is CCC(CC)(CN)Nc1nccc(OC(C)C)n1. The number of anilines is 1. The average molecular weight is 252 g/mol. The van der Waals surface area contributed by atoms with Gasteiger partial charge in [0, 0.05) is 18.8 Å². The molecule has 0 unspecified atom stereocenters. The van der Waals surface area contributed by atoms with Crippen molar-refractivity contribution in [2.24, 2.45) is 5.73 Å². The predicted octanol–water partition coefficient (Wildman–Crippen LogP) is 2.19. The molecule has 5 heteroatoms. The monoisotopic (exact) mass is 252 g/mol. The number of ether oxygens (including phenoxy) is 1. The van der Waals surface area contributed by atoms with Gasteiger partial charge >= 0.3 is 0 Å². The van der Waals surface area contributed by atoms with Crippen LogP contribution >= 0.6 is 0 Å². The number of aromatic nitrogens is 2. The van der Waals surface area contributed by atoms with Gasteiger partial charge in [-0.05, 0) is 26.7 Å². The van der Waals surface area contributed by atoms with E-state index in [0.717, 1.165) is 12.8 Å². The van der Waals surface area contributed by atoms with E-state index < -0.39 is 0 Å². The molecule has 3 N–H and O–H groups in total. The van der Waals surface area contributed by atoms with Crippen LogP contribution in [0.1, 0.15) is 40.5 Å². The summed E-state index contributed by atoms with van der Waals surface area (Å²) in [7, 11) is 0. The summed E-state index contributed by atoms with van der Waals surface area (Å²) in [5.41, 5.74) is 5.70. The second-order valence-corrected chi connectivity index (χ2v) is 4.70. The number of hydrogen-bond donors (Lipinski definition) is 2. The number of nitrogens with two attached hydrogens (primary N) is 1. The third kappa shape index (κ3) is 3.84. The van der Waals surface area contributed by atoms with Crippen molar-refractivity contribution in [1.29, 1.82) is 0 Å². The highest BCUT2D eigenvalue weighted by Crippen LogP contribution is 2.20.